The third-order valence-corrected chi connectivity index (χ3v) is 18.5. The quantitative estimate of drug-likeness (QED) is 0.118. The molecule has 0 fully saturated rings. The van der Waals surface area contributed by atoms with Crippen LogP contribution in [0.3, 0.4) is 0 Å². The molecule has 398 valence electrons. The molecule has 0 radical (unpaired) electrons. The molecular weight excluding hydrogens is 977 g/mol. The number of rotatable bonds is 7. The van der Waals surface area contributed by atoms with Crippen LogP contribution in [0.1, 0.15) is 130 Å². The second kappa shape index (κ2) is 17.6. The van der Waals surface area contributed by atoms with Crippen LogP contribution in [0.2, 0.25) is 0 Å². The smallest absolute Gasteiger partial charge is 0.269 e. The molecule has 4 heterocycles. The number of aromatic nitrogens is 4. The van der Waals surface area contributed by atoms with E-state index in [0.717, 1.165) is 96.3 Å². The Balaban J connectivity index is 0.916. The Bertz CT molecular complexity index is 4410. The molecule has 0 atom stereocenters. The fraction of sp³-hybridized carbons (Fsp3) is 0.270. The molecular formula is C74H70N4O2. The van der Waals surface area contributed by atoms with Gasteiger partial charge < -0.3 is 9.15 Å². The summed E-state index contributed by atoms with van der Waals surface area (Å²) in [5.41, 5.74) is 20.1. The van der Waals surface area contributed by atoms with Crippen LogP contribution < -0.4 is 9.30 Å². The number of hydrogen-bond donors (Lipinski definition) is 0. The van der Waals surface area contributed by atoms with Gasteiger partial charge >= 0.3 is 0 Å². The Kier molecular flexibility index (Phi) is 11.0. The van der Waals surface area contributed by atoms with Gasteiger partial charge in [-0.25, -0.2) is 4.98 Å². The average molecular weight is 1050 g/mol. The van der Waals surface area contributed by atoms with Crippen LogP contribution in [0.25, 0.3) is 94.2 Å². The number of fused-ring (bicyclic) bond motifs is 9. The highest BCUT2D eigenvalue weighted by Gasteiger charge is 2.39. The van der Waals surface area contributed by atoms with Crippen molar-refractivity contribution >= 4 is 54.8 Å². The summed E-state index contributed by atoms with van der Waals surface area (Å²) < 4.78 is 20.2. The highest BCUT2D eigenvalue weighted by Crippen LogP contribution is 2.50. The number of benzene rings is 8. The van der Waals surface area contributed by atoms with E-state index in [1.54, 1.807) is 0 Å². The maximum atomic E-state index is 6.96. The number of hydrogen-bond acceptors (Lipinski definition) is 3. The summed E-state index contributed by atoms with van der Waals surface area (Å²) >= 11 is 0. The topological polar surface area (TPSA) is 49.0 Å². The zero-order valence-electron chi connectivity index (χ0n) is 48.2. The van der Waals surface area contributed by atoms with Crippen LogP contribution in [0, 0.1) is 6.33 Å². The number of para-hydroxylation sites is 4. The fourth-order valence-corrected chi connectivity index (χ4v) is 13.5. The summed E-state index contributed by atoms with van der Waals surface area (Å²) in [4.78, 5) is 5.02. The van der Waals surface area contributed by atoms with Crippen molar-refractivity contribution in [2.75, 3.05) is 0 Å². The predicted molar refractivity (Wildman–Crippen MR) is 330 cm³/mol. The van der Waals surface area contributed by atoms with E-state index in [1.165, 1.54) is 62.9 Å². The Morgan fingerprint density at radius 3 is 1.80 bits per heavy atom. The van der Waals surface area contributed by atoms with Gasteiger partial charge in [0.25, 0.3) is 6.33 Å². The minimum absolute atomic E-state index is 0.0559. The molecule has 0 saturated heterocycles. The monoisotopic (exact) mass is 1050 g/mol. The van der Waals surface area contributed by atoms with Gasteiger partial charge in [-0.15, -0.1) is 0 Å². The lowest BCUT2D eigenvalue weighted by molar-refractivity contribution is -0.571. The van der Waals surface area contributed by atoms with E-state index in [2.05, 4.69) is 248 Å². The SMILES string of the molecule is CC(C)(C)c1ccnc(-n2c3cc(Oc4cccc(-n5[c-][n+](-c6c(-c7ccc8c(c7)C(C)(C)CCC8(C)C)cccc6-c6ccc7c(c6)C(C)(C)CCC7(C)C)c6ccccc65)c4)ccc3c3cc4oc5ccccc5c4cc32)c1. The van der Waals surface area contributed by atoms with Gasteiger partial charge in [0.2, 0.25) is 0 Å². The summed E-state index contributed by atoms with van der Waals surface area (Å²) in [6.07, 6.45) is 10.6. The number of furan rings is 1. The second-order valence-electron chi connectivity index (χ2n) is 26.7. The predicted octanol–water partition coefficient (Wildman–Crippen LogP) is 19.2. The van der Waals surface area contributed by atoms with Crippen LogP contribution in [-0.4, -0.2) is 14.1 Å². The Morgan fingerprint density at radius 1 is 0.500 bits per heavy atom. The third kappa shape index (κ3) is 8.03. The molecule has 0 bridgehead atoms. The van der Waals surface area contributed by atoms with Crippen molar-refractivity contribution in [1.82, 2.24) is 14.1 Å². The third-order valence-electron chi connectivity index (χ3n) is 18.5. The van der Waals surface area contributed by atoms with Gasteiger partial charge in [0.05, 0.1) is 33.4 Å². The van der Waals surface area contributed by atoms with Crippen molar-refractivity contribution in [1.29, 1.82) is 0 Å². The molecule has 0 unspecified atom stereocenters. The van der Waals surface area contributed by atoms with Gasteiger partial charge in [-0.3, -0.25) is 13.7 Å². The summed E-state index contributed by atoms with van der Waals surface area (Å²) in [7, 11) is 0. The first-order chi connectivity index (χ1) is 38.2. The normalized spacial score (nSPS) is 16.4. The molecule has 0 N–H and O–H groups in total. The average Bonchev–Trinajstić information content (AvgIpc) is 4.23. The Labute approximate surface area is 470 Å². The largest absolute Gasteiger partial charge is 0.458 e. The molecule has 0 spiro atoms. The van der Waals surface area contributed by atoms with Crippen LogP contribution in [0.4, 0.5) is 0 Å². The molecule has 2 aliphatic carbocycles. The standard InChI is InChI=1S/C74H70N4O2/c1-70(2,3)48-32-37-75-68(40-48)78-64-42-51(28-29-54(64)56-44-67-57(43-65(56)78)55-20-12-15-25-66(55)80-67)79-50-19-16-18-49(41-50)76-45-77(63-24-14-13-23-62(63)76)69-52(46-26-30-58-60(38-46)73(8,9)35-33-71(58,4)5)21-17-22-53(69)47-27-31-59-61(39-47)74(10,11)36-34-72(59,6)7/h12-32,37-44H,33-36H2,1-11H3. The van der Waals surface area contributed by atoms with Crippen LogP contribution in [-0.2, 0) is 27.1 Å². The van der Waals surface area contributed by atoms with Crippen LogP contribution in [0.5, 0.6) is 11.5 Å². The minimum Gasteiger partial charge on any atom is -0.458 e. The van der Waals surface area contributed by atoms with E-state index >= 15 is 0 Å². The highest BCUT2D eigenvalue weighted by atomic mass is 16.5. The minimum atomic E-state index is -0.0653. The molecule has 4 aromatic heterocycles. The first kappa shape index (κ1) is 50.0. The van der Waals surface area contributed by atoms with Crippen molar-refractivity contribution in [3.05, 3.63) is 210 Å². The van der Waals surface area contributed by atoms with E-state index in [9.17, 15) is 0 Å². The van der Waals surface area contributed by atoms with Crippen LogP contribution >= 0.6 is 0 Å². The molecule has 6 nitrogen and oxygen atoms in total. The maximum absolute atomic E-state index is 6.96. The maximum Gasteiger partial charge on any atom is 0.269 e. The summed E-state index contributed by atoms with van der Waals surface area (Å²) in [6, 6.07) is 62.1. The molecule has 14 rings (SSSR count). The first-order valence-electron chi connectivity index (χ1n) is 28.8. The van der Waals surface area contributed by atoms with Gasteiger partial charge in [0.1, 0.15) is 28.5 Å². The van der Waals surface area contributed by atoms with Crippen molar-refractivity contribution in [2.24, 2.45) is 0 Å². The van der Waals surface area contributed by atoms with Crippen LogP contribution in [0.15, 0.2) is 180 Å². The number of imidazole rings is 1. The lowest BCUT2D eigenvalue weighted by Gasteiger charge is -2.42. The zero-order valence-corrected chi connectivity index (χ0v) is 48.2. The van der Waals surface area contributed by atoms with Gasteiger partial charge in [-0.2, -0.15) is 0 Å². The lowest BCUT2D eigenvalue weighted by atomic mass is 9.62. The molecule has 0 saturated carbocycles. The van der Waals surface area contributed by atoms with Crippen molar-refractivity contribution in [3.63, 3.8) is 0 Å². The van der Waals surface area contributed by atoms with E-state index in [0.29, 0.717) is 0 Å². The van der Waals surface area contributed by atoms with Gasteiger partial charge in [-0.05, 0) is 163 Å². The zero-order chi connectivity index (χ0) is 55.3. The summed E-state index contributed by atoms with van der Waals surface area (Å²) in [5.74, 6) is 2.30. The van der Waals surface area contributed by atoms with E-state index in [4.69, 9.17) is 14.1 Å². The molecule has 6 heteroatoms. The Morgan fingerprint density at radius 2 is 1.11 bits per heavy atom. The van der Waals surface area contributed by atoms with Crippen molar-refractivity contribution in [2.45, 2.75) is 129 Å². The molecule has 80 heavy (non-hydrogen) atoms. The number of ether oxygens (including phenoxy) is 1. The Hall–Kier alpha value is -8.22. The number of nitrogens with zero attached hydrogens (tertiary/aromatic N) is 4. The van der Waals surface area contributed by atoms with Gasteiger partial charge in [-0.1, -0.05) is 179 Å². The molecule has 12 aromatic rings. The molecule has 0 amide bonds. The summed E-state index contributed by atoms with van der Waals surface area (Å²) in [6.45, 7) is 26.1. The van der Waals surface area contributed by atoms with E-state index in [-0.39, 0.29) is 27.1 Å². The second-order valence-corrected chi connectivity index (χ2v) is 26.7. The van der Waals surface area contributed by atoms with Crippen molar-refractivity contribution < 1.29 is 13.7 Å². The summed E-state index contributed by atoms with van der Waals surface area (Å²) in [5, 5.41) is 4.35. The first-order valence-corrected chi connectivity index (χ1v) is 28.8. The molecule has 2 aliphatic rings. The number of pyridine rings is 1. The molecule has 0 aliphatic heterocycles. The van der Waals surface area contributed by atoms with Gasteiger partial charge in [0, 0.05) is 33.8 Å². The fourth-order valence-electron chi connectivity index (χ4n) is 13.5. The van der Waals surface area contributed by atoms with E-state index in [1.807, 2.05) is 24.4 Å². The lowest BCUT2D eigenvalue weighted by Crippen LogP contribution is -2.34. The molecule has 8 aromatic carbocycles. The van der Waals surface area contributed by atoms with Gasteiger partial charge in [0.15, 0.2) is 0 Å². The van der Waals surface area contributed by atoms with Crippen molar-refractivity contribution in [3.8, 4) is 50.9 Å². The highest BCUT2D eigenvalue weighted by molar-refractivity contribution is 6.17. The van der Waals surface area contributed by atoms with E-state index < -0.39 is 0 Å².